The molecule has 17 heavy (non-hydrogen) atoms. The van der Waals surface area contributed by atoms with Gasteiger partial charge < -0.3 is 19.7 Å². The van der Waals surface area contributed by atoms with E-state index in [0.717, 1.165) is 13.1 Å². The van der Waals surface area contributed by atoms with E-state index in [-0.39, 0.29) is 6.61 Å². The third kappa shape index (κ3) is 3.89. The number of carbonyl (C=O) groups is 2. The molecule has 1 fully saturated rings. The maximum absolute atomic E-state index is 11.8. The number of amides is 1. The molecule has 1 aliphatic rings. The molecule has 6 heteroatoms. The summed E-state index contributed by atoms with van der Waals surface area (Å²) in [5.41, 5.74) is -1.24. The fraction of sp³-hybridized carbons (Fsp3) is 0.818. The number of nitrogens with zero attached hydrogens (tertiary/aromatic N) is 1. The van der Waals surface area contributed by atoms with Crippen molar-refractivity contribution < 1.29 is 19.1 Å². The average molecular weight is 244 g/mol. The van der Waals surface area contributed by atoms with Gasteiger partial charge in [-0.1, -0.05) is 0 Å². The van der Waals surface area contributed by atoms with Crippen LogP contribution in [-0.4, -0.2) is 55.3 Å². The van der Waals surface area contributed by atoms with Gasteiger partial charge in [0.15, 0.2) is 0 Å². The van der Waals surface area contributed by atoms with Crippen molar-refractivity contribution in [1.82, 2.24) is 10.2 Å². The zero-order chi connectivity index (χ0) is 12.9. The molecule has 0 radical (unpaired) electrons. The van der Waals surface area contributed by atoms with E-state index in [1.54, 1.807) is 11.8 Å². The second kappa shape index (κ2) is 5.86. The molecule has 1 amide bonds. The number of piperazine rings is 1. The highest BCUT2D eigenvalue weighted by molar-refractivity contribution is 5.82. The summed E-state index contributed by atoms with van der Waals surface area (Å²) < 4.78 is 10.0. The molecule has 0 bridgehead atoms. The Kier molecular flexibility index (Phi) is 4.74. The van der Waals surface area contributed by atoms with Crippen LogP contribution in [0.25, 0.3) is 0 Å². The Morgan fingerprint density at radius 2 is 1.88 bits per heavy atom. The van der Waals surface area contributed by atoms with E-state index in [4.69, 9.17) is 9.47 Å². The van der Waals surface area contributed by atoms with Crippen LogP contribution in [0.4, 0.5) is 4.79 Å². The Hall–Kier alpha value is -1.30. The van der Waals surface area contributed by atoms with Gasteiger partial charge in [-0.05, 0) is 20.8 Å². The second-order valence-electron chi connectivity index (χ2n) is 4.34. The minimum atomic E-state index is -1.24. The molecule has 1 saturated heterocycles. The lowest BCUT2D eigenvalue weighted by Crippen LogP contribution is -2.50. The third-order valence-corrected chi connectivity index (χ3v) is 2.48. The molecule has 0 atom stereocenters. The molecule has 0 aromatic heterocycles. The van der Waals surface area contributed by atoms with E-state index in [1.807, 2.05) is 0 Å². The van der Waals surface area contributed by atoms with Gasteiger partial charge in [-0.25, -0.2) is 9.59 Å². The predicted molar refractivity (Wildman–Crippen MR) is 61.6 cm³/mol. The molecule has 0 aromatic carbocycles. The van der Waals surface area contributed by atoms with E-state index in [1.165, 1.54) is 13.8 Å². The summed E-state index contributed by atoms with van der Waals surface area (Å²) in [6.07, 6.45) is -0.468. The summed E-state index contributed by atoms with van der Waals surface area (Å²) in [6, 6.07) is 0. The van der Waals surface area contributed by atoms with Crippen molar-refractivity contribution in [3.63, 3.8) is 0 Å². The molecule has 0 aromatic rings. The summed E-state index contributed by atoms with van der Waals surface area (Å²) in [5, 5.41) is 3.13. The van der Waals surface area contributed by atoms with Crippen LogP contribution in [-0.2, 0) is 14.3 Å². The molecule has 1 heterocycles. The maximum Gasteiger partial charge on any atom is 0.410 e. The Morgan fingerprint density at radius 1 is 1.29 bits per heavy atom. The molecule has 0 spiro atoms. The molecule has 0 unspecified atom stereocenters. The highest BCUT2D eigenvalue weighted by atomic mass is 16.6. The zero-order valence-corrected chi connectivity index (χ0v) is 10.6. The van der Waals surface area contributed by atoms with Crippen molar-refractivity contribution in [2.75, 3.05) is 32.8 Å². The largest absolute Gasteiger partial charge is 0.463 e. The van der Waals surface area contributed by atoms with Crippen LogP contribution in [0.2, 0.25) is 0 Å². The number of esters is 1. The molecule has 98 valence electrons. The normalized spacial score (nSPS) is 16.5. The quantitative estimate of drug-likeness (QED) is 0.726. The van der Waals surface area contributed by atoms with E-state index < -0.39 is 17.7 Å². The first-order chi connectivity index (χ1) is 7.97. The topological polar surface area (TPSA) is 67.9 Å². The summed E-state index contributed by atoms with van der Waals surface area (Å²) in [6.45, 7) is 7.73. The van der Waals surface area contributed by atoms with Crippen LogP contribution >= 0.6 is 0 Å². The van der Waals surface area contributed by atoms with Crippen LogP contribution in [0, 0.1) is 0 Å². The predicted octanol–water partition coefficient (Wildman–Crippen LogP) is 0.370. The summed E-state index contributed by atoms with van der Waals surface area (Å²) in [5.74, 6) is -0.525. The van der Waals surface area contributed by atoms with Crippen LogP contribution in [0.15, 0.2) is 0 Å². The third-order valence-electron chi connectivity index (χ3n) is 2.48. The standard InChI is InChI=1S/C11H20N2O4/c1-4-16-9(14)11(2,3)17-10(15)13-7-5-12-6-8-13/h12H,4-8H2,1-3H3. The van der Waals surface area contributed by atoms with Gasteiger partial charge in [-0.3, -0.25) is 0 Å². The number of hydrogen-bond acceptors (Lipinski definition) is 5. The molecule has 1 rings (SSSR count). The zero-order valence-electron chi connectivity index (χ0n) is 10.6. The highest BCUT2D eigenvalue weighted by Crippen LogP contribution is 2.14. The van der Waals surface area contributed by atoms with Crippen molar-refractivity contribution in [3.05, 3.63) is 0 Å². The van der Waals surface area contributed by atoms with Gasteiger partial charge in [0.05, 0.1) is 6.61 Å². The molecular weight excluding hydrogens is 224 g/mol. The first-order valence-corrected chi connectivity index (χ1v) is 5.83. The number of rotatable bonds is 3. The van der Waals surface area contributed by atoms with Crippen molar-refractivity contribution in [2.45, 2.75) is 26.4 Å². The first kappa shape index (κ1) is 13.8. The van der Waals surface area contributed by atoms with Gasteiger partial charge in [0, 0.05) is 26.2 Å². The summed E-state index contributed by atoms with van der Waals surface area (Å²) in [7, 11) is 0. The summed E-state index contributed by atoms with van der Waals surface area (Å²) in [4.78, 5) is 24.9. The second-order valence-corrected chi connectivity index (χ2v) is 4.34. The minimum absolute atomic E-state index is 0.271. The van der Waals surface area contributed by atoms with Crippen LogP contribution < -0.4 is 5.32 Å². The summed E-state index contributed by atoms with van der Waals surface area (Å²) >= 11 is 0. The van der Waals surface area contributed by atoms with Gasteiger partial charge in [-0.15, -0.1) is 0 Å². The fourth-order valence-electron chi connectivity index (χ4n) is 1.48. The molecule has 0 aliphatic carbocycles. The Morgan fingerprint density at radius 3 is 2.41 bits per heavy atom. The van der Waals surface area contributed by atoms with Crippen molar-refractivity contribution in [2.24, 2.45) is 0 Å². The first-order valence-electron chi connectivity index (χ1n) is 5.83. The number of carbonyl (C=O) groups excluding carboxylic acids is 2. The van der Waals surface area contributed by atoms with Crippen LogP contribution in [0.3, 0.4) is 0 Å². The van der Waals surface area contributed by atoms with Crippen LogP contribution in [0.1, 0.15) is 20.8 Å². The number of nitrogens with one attached hydrogen (secondary N) is 1. The molecule has 0 saturated carbocycles. The van der Waals surface area contributed by atoms with E-state index in [0.29, 0.717) is 13.1 Å². The van der Waals surface area contributed by atoms with Gasteiger partial charge in [0.1, 0.15) is 0 Å². The Bertz CT molecular complexity index is 285. The van der Waals surface area contributed by atoms with Crippen LogP contribution in [0.5, 0.6) is 0 Å². The Labute approximate surface area is 101 Å². The van der Waals surface area contributed by atoms with Gasteiger partial charge in [0.25, 0.3) is 0 Å². The molecule has 6 nitrogen and oxygen atoms in total. The van der Waals surface area contributed by atoms with Crippen molar-refractivity contribution in [3.8, 4) is 0 Å². The van der Waals surface area contributed by atoms with Gasteiger partial charge in [-0.2, -0.15) is 0 Å². The fourth-order valence-corrected chi connectivity index (χ4v) is 1.48. The Balaban J connectivity index is 2.50. The molecule has 1 aliphatic heterocycles. The van der Waals surface area contributed by atoms with Crippen molar-refractivity contribution in [1.29, 1.82) is 0 Å². The van der Waals surface area contributed by atoms with Crippen molar-refractivity contribution >= 4 is 12.1 Å². The average Bonchev–Trinajstić information content (AvgIpc) is 2.30. The molecular formula is C11H20N2O4. The van der Waals surface area contributed by atoms with E-state index >= 15 is 0 Å². The van der Waals surface area contributed by atoms with E-state index in [2.05, 4.69) is 5.32 Å². The molecule has 1 N–H and O–H groups in total. The smallest absolute Gasteiger partial charge is 0.410 e. The monoisotopic (exact) mass is 244 g/mol. The lowest BCUT2D eigenvalue weighted by atomic mass is 10.1. The lowest BCUT2D eigenvalue weighted by Gasteiger charge is -2.30. The highest BCUT2D eigenvalue weighted by Gasteiger charge is 2.35. The maximum atomic E-state index is 11.8. The van der Waals surface area contributed by atoms with Gasteiger partial charge in [0.2, 0.25) is 5.60 Å². The van der Waals surface area contributed by atoms with Gasteiger partial charge >= 0.3 is 12.1 Å². The SMILES string of the molecule is CCOC(=O)C(C)(C)OC(=O)N1CCNCC1. The number of hydrogen-bond donors (Lipinski definition) is 1. The van der Waals surface area contributed by atoms with E-state index in [9.17, 15) is 9.59 Å². The lowest BCUT2D eigenvalue weighted by molar-refractivity contribution is -0.162. The minimum Gasteiger partial charge on any atom is -0.463 e. The number of ether oxygens (including phenoxy) is 2.